The zero-order chi connectivity index (χ0) is 18.8. The second-order valence-corrected chi connectivity index (χ2v) is 6.92. The van der Waals surface area contributed by atoms with Crippen molar-refractivity contribution >= 4 is 10.9 Å². The molecule has 2 aromatic carbocycles. The number of benzene rings is 2. The first-order valence-corrected chi connectivity index (χ1v) is 9.24. The van der Waals surface area contributed by atoms with Gasteiger partial charge in [0, 0.05) is 18.9 Å². The fourth-order valence-corrected chi connectivity index (χ4v) is 4.04. The van der Waals surface area contributed by atoms with E-state index in [1.54, 1.807) is 20.3 Å². The van der Waals surface area contributed by atoms with Crippen molar-refractivity contribution in [1.82, 2.24) is 9.97 Å². The molecular formula is C21H24N3O3+. The maximum Gasteiger partial charge on any atom is 0.258 e. The molecule has 0 amide bonds. The number of nitrogens with one attached hydrogen (secondary N) is 2. The van der Waals surface area contributed by atoms with E-state index in [1.165, 1.54) is 10.5 Å². The third-order valence-corrected chi connectivity index (χ3v) is 5.36. The second kappa shape index (κ2) is 7.40. The monoisotopic (exact) mass is 366 g/mol. The molecular weight excluding hydrogens is 342 g/mol. The molecule has 3 aromatic rings. The van der Waals surface area contributed by atoms with Crippen LogP contribution in [-0.4, -0.2) is 30.7 Å². The highest BCUT2D eigenvalue weighted by molar-refractivity contribution is 5.77. The molecule has 27 heavy (non-hydrogen) atoms. The van der Waals surface area contributed by atoms with Crippen LogP contribution in [0.3, 0.4) is 0 Å². The number of rotatable bonds is 5. The van der Waals surface area contributed by atoms with Gasteiger partial charge in [0.1, 0.15) is 24.1 Å². The van der Waals surface area contributed by atoms with Crippen molar-refractivity contribution in [2.45, 2.75) is 25.4 Å². The first-order valence-electron chi connectivity index (χ1n) is 9.24. The first-order chi connectivity index (χ1) is 13.2. The molecule has 6 heteroatoms. The lowest BCUT2D eigenvalue weighted by atomic mass is 10.0. The van der Waals surface area contributed by atoms with Gasteiger partial charge in [-0.25, -0.2) is 4.98 Å². The van der Waals surface area contributed by atoms with Gasteiger partial charge in [0.25, 0.3) is 5.56 Å². The zero-order valence-electron chi connectivity index (χ0n) is 15.6. The van der Waals surface area contributed by atoms with E-state index < -0.39 is 0 Å². The lowest BCUT2D eigenvalue weighted by molar-refractivity contribution is -0.932. The van der Waals surface area contributed by atoms with Gasteiger partial charge in [-0.3, -0.25) is 4.79 Å². The Kier molecular flexibility index (Phi) is 4.81. The normalized spacial score (nSPS) is 19.3. The molecule has 1 fully saturated rings. The third-order valence-electron chi connectivity index (χ3n) is 5.36. The highest BCUT2D eigenvalue weighted by Crippen LogP contribution is 2.31. The molecule has 0 aliphatic carbocycles. The van der Waals surface area contributed by atoms with E-state index in [9.17, 15) is 4.79 Å². The number of nitrogens with zero attached hydrogens (tertiary/aromatic N) is 1. The third kappa shape index (κ3) is 3.40. The summed E-state index contributed by atoms with van der Waals surface area (Å²) < 4.78 is 10.9. The fraction of sp³-hybridized carbons (Fsp3) is 0.333. The van der Waals surface area contributed by atoms with Crippen LogP contribution in [0.2, 0.25) is 0 Å². The first kappa shape index (κ1) is 17.5. The number of fused-ring (bicyclic) bond motifs is 1. The van der Waals surface area contributed by atoms with Gasteiger partial charge in [-0.15, -0.1) is 0 Å². The van der Waals surface area contributed by atoms with Crippen molar-refractivity contribution in [2.75, 3.05) is 20.8 Å². The van der Waals surface area contributed by atoms with Crippen LogP contribution in [0.4, 0.5) is 0 Å². The number of aromatic nitrogens is 2. The van der Waals surface area contributed by atoms with Gasteiger partial charge in [-0.2, -0.15) is 0 Å². The molecule has 2 atom stereocenters. The molecule has 1 saturated heterocycles. The summed E-state index contributed by atoms with van der Waals surface area (Å²) in [5.41, 5.74) is 1.84. The van der Waals surface area contributed by atoms with Crippen molar-refractivity contribution in [2.24, 2.45) is 0 Å². The average molecular weight is 366 g/mol. The Balaban J connectivity index is 1.64. The summed E-state index contributed by atoms with van der Waals surface area (Å²) in [5.74, 6) is 2.36. The number of quaternary nitrogens is 1. The van der Waals surface area contributed by atoms with E-state index >= 15 is 0 Å². The van der Waals surface area contributed by atoms with Crippen LogP contribution in [0.15, 0.2) is 47.3 Å². The maximum atomic E-state index is 12.4. The van der Waals surface area contributed by atoms with Gasteiger partial charge >= 0.3 is 0 Å². The van der Waals surface area contributed by atoms with E-state index in [-0.39, 0.29) is 5.56 Å². The molecule has 0 spiro atoms. The minimum Gasteiger partial charge on any atom is -0.497 e. The molecule has 4 rings (SSSR count). The van der Waals surface area contributed by atoms with E-state index in [4.69, 9.17) is 9.47 Å². The number of aromatic amines is 1. The van der Waals surface area contributed by atoms with Gasteiger partial charge < -0.3 is 19.4 Å². The summed E-state index contributed by atoms with van der Waals surface area (Å²) in [4.78, 5) is 21.4. The van der Waals surface area contributed by atoms with Gasteiger partial charge in [0.15, 0.2) is 5.82 Å². The van der Waals surface area contributed by atoms with Crippen molar-refractivity contribution in [3.8, 4) is 11.5 Å². The highest BCUT2D eigenvalue weighted by atomic mass is 16.5. The van der Waals surface area contributed by atoms with E-state index in [0.29, 0.717) is 18.0 Å². The molecule has 0 bridgehead atoms. The summed E-state index contributed by atoms with van der Waals surface area (Å²) in [7, 11) is 3.35. The van der Waals surface area contributed by atoms with Crippen LogP contribution in [0.1, 0.15) is 30.3 Å². The number of ether oxygens (including phenoxy) is 2. The van der Waals surface area contributed by atoms with Crippen LogP contribution in [0, 0.1) is 0 Å². The predicted molar refractivity (Wildman–Crippen MR) is 103 cm³/mol. The molecule has 6 nitrogen and oxygen atoms in total. The van der Waals surface area contributed by atoms with Crippen LogP contribution < -0.4 is 19.9 Å². The number of hydrogen-bond acceptors (Lipinski definition) is 4. The minimum atomic E-state index is -0.0761. The SMILES string of the molecule is COc1ccc([C@H]2CCC[NH+]2Cc2nc3ccccc3c(=O)[nH]2)c(OC)c1. The molecule has 1 aromatic heterocycles. The Hall–Kier alpha value is -2.86. The Morgan fingerprint density at radius 3 is 2.85 bits per heavy atom. The van der Waals surface area contributed by atoms with Crippen LogP contribution in [-0.2, 0) is 6.54 Å². The molecule has 1 aliphatic heterocycles. The van der Waals surface area contributed by atoms with Gasteiger partial charge in [-0.05, 0) is 24.3 Å². The number of para-hydroxylation sites is 1. The Labute approximate surface area is 157 Å². The molecule has 1 aliphatic rings. The van der Waals surface area contributed by atoms with E-state index in [0.717, 1.165) is 42.2 Å². The van der Waals surface area contributed by atoms with Gasteiger partial charge in [0.2, 0.25) is 0 Å². The van der Waals surface area contributed by atoms with Crippen molar-refractivity contribution in [1.29, 1.82) is 0 Å². The number of hydrogen-bond donors (Lipinski definition) is 2. The predicted octanol–water partition coefficient (Wildman–Crippen LogP) is 1.86. The minimum absolute atomic E-state index is 0.0761. The standard InChI is InChI=1S/C21H23N3O3/c1-26-14-9-10-16(19(12-14)27-2)18-8-5-11-24(18)13-20-22-17-7-4-3-6-15(17)21(25)23-20/h3-4,6-7,9-10,12,18H,5,8,11,13H2,1-2H3,(H,22,23,25)/p+1/t18-/m1/s1. The second-order valence-electron chi connectivity index (χ2n) is 6.92. The molecule has 140 valence electrons. The van der Waals surface area contributed by atoms with Gasteiger partial charge in [-0.1, -0.05) is 12.1 Å². The van der Waals surface area contributed by atoms with Crippen molar-refractivity contribution in [3.05, 3.63) is 64.2 Å². The summed E-state index contributed by atoms with van der Waals surface area (Å²) >= 11 is 0. The van der Waals surface area contributed by atoms with Crippen LogP contribution >= 0.6 is 0 Å². The molecule has 0 saturated carbocycles. The maximum absolute atomic E-state index is 12.4. The number of likely N-dealkylation sites (tertiary alicyclic amines) is 1. The Morgan fingerprint density at radius 2 is 2.04 bits per heavy atom. The highest BCUT2D eigenvalue weighted by Gasteiger charge is 2.33. The molecule has 0 radical (unpaired) electrons. The van der Waals surface area contributed by atoms with Gasteiger partial charge in [0.05, 0.1) is 37.2 Å². The number of methoxy groups -OCH3 is 2. The molecule has 2 heterocycles. The summed E-state index contributed by atoms with van der Waals surface area (Å²) in [6, 6.07) is 13.8. The summed E-state index contributed by atoms with van der Waals surface area (Å²) in [6.07, 6.45) is 2.21. The van der Waals surface area contributed by atoms with E-state index in [1.807, 2.05) is 30.3 Å². The number of H-pyrrole nitrogens is 1. The smallest absolute Gasteiger partial charge is 0.258 e. The fourth-order valence-electron chi connectivity index (χ4n) is 4.04. The summed E-state index contributed by atoms with van der Waals surface area (Å²) in [5, 5.41) is 0.631. The van der Waals surface area contributed by atoms with Crippen LogP contribution in [0.25, 0.3) is 10.9 Å². The Bertz CT molecular complexity index is 1010. The lowest BCUT2D eigenvalue weighted by Crippen LogP contribution is -3.09. The van der Waals surface area contributed by atoms with Crippen LogP contribution in [0.5, 0.6) is 11.5 Å². The average Bonchev–Trinajstić information content (AvgIpc) is 3.15. The van der Waals surface area contributed by atoms with Crippen molar-refractivity contribution < 1.29 is 14.4 Å². The quantitative estimate of drug-likeness (QED) is 0.723. The zero-order valence-corrected chi connectivity index (χ0v) is 15.6. The lowest BCUT2D eigenvalue weighted by Gasteiger charge is -2.23. The molecule has 2 N–H and O–H groups in total. The summed E-state index contributed by atoms with van der Waals surface area (Å²) in [6.45, 7) is 1.72. The topological polar surface area (TPSA) is 68.7 Å². The van der Waals surface area contributed by atoms with E-state index in [2.05, 4.69) is 16.0 Å². The largest absolute Gasteiger partial charge is 0.497 e. The van der Waals surface area contributed by atoms with Crippen molar-refractivity contribution in [3.63, 3.8) is 0 Å². The molecule has 1 unspecified atom stereocenters. The Morgan fingerprint density at radius 1 is 1.19 bits per heavy atom.